The van der Waals surface area contributed by atoms with E-state index < -0.39 is 0 Å². The Kier molecular flexibility index (Phi) is 6.24. The lowest BCUT2D eigenvalue weighted by atomic mass is 9.87. The number of piperidine rings is 1. The molecule has 3 heterocycles. The minimum absolute atomic E-state index is 0.0872. The van der Waals surface area contributed by atoms with Crippen molar-refractivity contribution in [1.29, 1.82) is 0 Å². The van der Waals surface area contributed by atoms with Crippen LogP contribution in [0.3, 0.4) is 0 Å². The Morgan fingerprint density at radius 2 is 2.34 bits per heavy atom. The van der Waals surface area contributed by atoms with Gasteiger partial charge >= 0.3 is 0 Å². The van der Waals surface area contributed by atoms with E-state index >= 15 is 0 Å². The van der Waals surface area contributed by atoms with Gasteiger partial charge in [0.2, 0.25) is 5.91 Å². The number of amides is 1. The molecule has 1 spiro atoms. The van der Waals surface area contributed by atoms with Gasteiger partial charge in [-0.15, -0.1) is 11.3 Å². The summed E-state index contributed by atoms with van der Waals surface area (Å²) in [5.74, 6) is -0.324. The zero-order chi connectivity index (χ0) is 20.3. The molecule has 2 aliphatic rings. The lowest BCUT2D eigenvalue weighted by Gasteiger charge is -2.44. The van der Waals surface area contributed by atoms with Crippen LogP contribution in [-0.2, 0) is 20.7 Å². The fraction of sp³-hybridized carbons (Fsp3) is 0.524. The summed E-state index contributed by atoms with van der Waals surface area (Å²) in [6.07, 6.45) is 5.10. The largest absolute Gasteiger partial charge is 0.378 e. The first-order valence-electron chi connectivity index (χ1n) is 9.95. The number of nitrogens with zero attached hydrogens (tertiary/aromatic N) is 2. The fourth-order valence-corrected chi connectivity index (χ4v) is 5.18. The normalized spacial score (nSPS) is 24.8. The van der Waals surface area contributed by atoms with Crippen LogP contribution in [0.5, 0.6) is 0 Å². The van der Waals surface area contributed by atoms with Gasteiger partial charge in [-0.2, -0.15) is 0 Å². The van der Waals surface area contributed by atoms with Crippen molar-refractivity contribution >= 4 is 22.4 Å². The van der Waals surface area contributed by atoms with E-state index in [1.54, 1.807) is 25.4 Å². The van der Waals surface area contributed by atoms with Gasteiger partial charge in [0, 0.05) is 44.3 Å². The molecule has 2 fully saturated rings. The third kappa shape index (κ3) is 4.66. The molecule has 156 valence electrons. The molecule has 4 rings (SSSR count). The Labute approximate surface area is 174 Å². The molecule has 2 atom stereocenters. The van der Waals surface area contributed by atoms with Crippen molar-refractivity contribution in [3.05, 3.63) is 46.7 Å². The molecule has 0 aliphatic carbocycles. The summed E-state index contributed by atoms with van der Waals surface area (Å²) in [4.78, 5) is 19.8. The number of anilines is 1. The van der Waals surface area contributed by atoms with E-state index in [2.05, 4.69) is 15.2 Å². The van der Waals surface area contributed by atoms with Crippen LogP contribution in [0.1, 0.15) is 29.7 Å². The van der Waals surface area contributed by atoms with Crippen LogP contribution in [0, 0.1) is 5.82 Å². The second-order valence-corrected chi connectivity index (χ2v) is 8.80. The van der Waals surface area contributed by atoms with Crippen molar-refractivity contribution in [2.24, 2.45) is 0 Å². The van der Waals surface area contributed by atoms with Gasteiger partial charge in [0.15, 0.2) is 5.13 Å². The maximum Gasteiger partial charge on any atom is 0.240 e. The zero-order valence-electron chi connectivity index (χ0n) is 16.5. The van der Waals surface area contributed by atoms with Gasteiger partial charge in [-0.05, 0) is 30.9 Å². The molecule has 29 heavy (non-hydrogen) atoms. The van der Waals surface area contributed by atoms with Gasteiger partial charge in [0.25, 0.3) is 0 Å². The number of carbonyl (C=O) groups is 1. The number of aromatic nitrogens is 1. The third-order valence-electron chi connectivity index (χ3n) is 5.69. The number of rotatable bonds is 6. The minimum atomic E-state index is -0.290. The molecular weight excluding hydrogens is 393 g/mol. The van der Waals surface area contributed by atoms with Crippen LogP contribution in [0.2, 0.25) is 0 Å². The van der Waals surface area contributed by atoms with Gasteiger partial charge in [-0.1, -0.05) is 18.2 Å². The van der Waals surface area contributed by atoms with Crippen LogP contribution in [-0.4, -0.2) is 60.8 Å². The SMILES string of the molecule is CO[C@H]1CCN(CC(=O)Nc2ncc(Cc3ccccc3F)s2)C[C@@]12CCCO2. The summed E-state index contributed by atoms with van der Waals surface area (Å²) >= 11 is 1.38. The first kappa shape index (κ1) is 20.4. The predicted molar refractivity (Wildman–Crippen MR) is 110 cm³/mol. The Morgan fingerprint density at radius 3 is 3.10 bits per heavy atom. The number of hydrogen-bond donors (Lipinski definition) is 1. The number of likely N-dealkylation sites (tertiary alicyclic amines) is 1. The number of nitrogens with one attached hydrogen (secondary N) is 1. The molecule has 2 saturated heterocycles. The topological polar surface area (TPSA) is 63.7 Å². The number of halogens is 1. The van der Waals surface area contributed by atoms with Crippen LogP contribution in [0.25, 0.3) is 0 Å². The van der Waals surface area contributed by atoms with Crippen LogP contribution in [0.15, 0.2) is 30.5 Å². The van der Waals surface area contributed by atoms with Crippen LogP contribution >= 0.6 is 11.3 Å². The minimum Gasteiger partial charge on any atom is -0.378 e. The van der Waals surface area contributed by atoms with Gasteiger partial charge in [0.05, 0.1) is 12.6 Å². The molecule has 1 aromatic heterocycles. The Balaban J connectivity index is 1.32. The highest BCUT2D eigenvalue weighted by atomic mass is 32.1. The molecule has 0 radical (unpaired) electrons. The quantitative estimate of drug-likeness (QED) is 0.780. The molecule has 1 amide bonds. The Hall–Kier alpha value is -1.87. The summed E-state index contributed by atoms with van der Waals surface area (Å²) in [7, 11) is 1.73. The zero-order valence-corrected chi connectivity index (χ0v) is 17.3. The number of benzene rings is 1. The van der Waals surface area contributed by atoms with E-state index in [-0.39, 0.29) is 23.4 Å². The summed E-state index contributed by atoms with van der Waals surface area (Å²) in [5.41, 5.74) is 0.332. The van der Waals surface area contributed by atoms with Crippen molar-refractivity contribution < 1.29 is 18.7 Å². The Morgan fingerprint density at radius 1 is 1.48 bits per heavy atom. The van der Waals surface area contributed by atoms with Gasteiger partial charge < -0.3 is 14.8 Å². The van der Waals surface area contributed by atoms with Crippen molar-refractivity contribution in [2.75, 3.05) is 38.7 Å². The molecule has 1 aromatic carbocycles. The maximum atomic E-state index is 13.8. The fourth-order valence-electron chi connectivity index (χ4n) is 4.33. The molecule has 0 unspecified atom stereocenters. The van der Waals surface area contributed by atoms with Crippen molar-refractivity contribution in [3.8, 4) is 0 Å². The number of methoxy groups -OCH3 is 1. The van der Waals surface area contributed by atoms with E-state index in [0.717, 1.165) is 37.3 Å². The molecule has 8 heteroatoms. The van der Waals surface area contributed by atoms with E-state index in [1.165, 1.54) is 17.4 Å². The van der Waals surface area contributed by atoms with E-state index in [1.807, 2.05) is 6.07 Å². The van der Waals surface area contributed by atoms with Crippen molar-refractivity contribution in [2.45, 2.75) is 37.4 Å². The number of ether oxygens (including phenoxy) is 2. The summed E-state index contributed by atoms with van der Waals surface area (Å²) in [6.45, 7) is 2.55. The highest BCUT2D eigenvalue weighted by molar-refractivity contribution is 7.15. The molecule has 2 aliphatic heterocycles. The predicted octanol–water partition coefficient (Wildman–Crippen LogP) is 3.08. The average Bonchev–Trinajstić information content (AvgIpc) is 3.34. The van der Waals surface area contributed by atoms with Gasteiger partial charge in [-0.25, -0.2) is 9.37 Å². The molecule has 1 N–H and O–H groups in total. The first-order chi connectivity index (χ1) is 14.1. The maximum absolute atomic E-state index is 13.8. The molecule has 0 bridgehead atoms. The lowest BCUT2D eigenvalue weighted by molar-refractivity contribution is -0.146. The number of hydrogen-bond acceptors (Lipinski definition) is 6. The van der Waals surface area contributed by atoms with Crippen molar-refractivity contribution in [1.82, 2.24) is 9.88 Å². The van der Waals surface area contributed by atoms with E-state index in [9.17, 15) is 9.18 Å². The highest BCUT2D eigenvalue weighted by Crippen LogP contribution is 2.36. The highest BCUT2D eigenvalue weighted by Gasteiger charge is 2.47. The summed E-state index contributed by atoms with van der Waals surface area (Å²) in [5, 5.41) is 3.42. The standard InChI is InChI=1S/C21H26FN3O3S/c1-27-18-7-9-25(14-21(18)8-4-10-28-21)13-19(26)24-20-23-12-16(29-20)11-15-5-2-3-6-17(15)22/h2-3,5-6,12,18H,4,7-11,13-14H2,1H3,(H,23,24,26)/t18-,21-/m0/s1. The molecular formula is C21H26FN3O3S. The Bertz CT molecular complexity index is 853. The van der Waals surface area contributed by atoms with E-state index in [4.69, 9.17) is 9.47 Å². The average molecular weight is 420 g/mol. The number of thiazole rings is 1. The second-order valence-electron chi connectivity index (χ2n) is 7.69. The molecule has 2 aromatic rings. The number of carbonyl (C=O) groups excluding carboxylic acids is 1. The first-order valence-corrected chi connectivity index (χ1v) is 10.8. The second kappa shape index (κ2) is 8.87. The lowest BCUT2D eigenvalue weighted by Crippen LogP contribution is -2.58. The van der Waals surface area contributed by atoms with Crippen molar-refractivity contribution in [3.63, 3.8) is 0 Å². The summed E-state index contributed by atoms with van der Waals surface area (Å²) < 4.78 is 25.5. The smallest absolute Gasteiger partial charge is 0.240 e. The van der Waals surface area contributed by atoms with Gasteiger partial charge in [0.1, 0.15) is 11.4 Å². The van der Waals surface area contributed by atoms with Crippen LogP contribution in [0.4, 0.5) is 9.52 Å². The molecule has 0 saturated carbocycles. The third-order valence-corrected chi connectivity index (χ3v) is 6.61. The molecule has 6 nitrogen and oxygen atoms in total. The summed E-state index contributed by atoms with van der Waals surface area (Å²) in [6, 6.07) is 6.70. The monoisotopic (exact) mass is 419 g/mol. The van der Waals surface area contributed by atoms with Gasteiger partial charge in [-0.3, -0.25) is 9.69 Å². The van der Waals surface area contributed by atoms with Crippen LogP contribution < -0.4 is 5.32 Å². The van der Waals surface area contributed by atoms with E-state index in [0.29, 0.717) is 30.2 Å².